The van der Waals surface area contributed by atoms with E-state index >= 15 is 0 Å². The lowest BCUT2D eigenvalue weighted by Crippen LogP contribution is -2.27. The van der Waals surface area contributed by atoms with Crippen molar-refractivity contribution in [2.45, 2.75) is 27.7 Å². The molecule has 0 aliphatic carbocycles. The molecule has 0 spiro atoms. The van der Waals surface area contributed by atoms with E-state index in [-0.39, 0.29) is 0 Å². The Kier molecular flexibility index (Phi) is 8.95. The monoisotopic (exact) mass is 728 g/mol. The first kappa shape index (κ1) is 34.0. The third kappa shape index (κ3) is 5.74. The van der Waals surface area contributed by atoms with E-state index in [1.807, 2.05) is 22.7 Å². The smallest absolute Gasteiger partial charge is 0.0451 e. The van der Waals surface area contributed by atoms with Crippen LogP contribution in [0.1, 0.15) is 31.2 Å². The van der Waals surface area contributed by atoms with Crippen LogP contribution in [0.2, 0.25) is 0 Å². The lowest BCUT2D eigenvalue weighted by atomic mass is 9.95. The summed E-state index contributed by atoms with van der Waals surface area (Å²) in [5.41, 5.74) is 8.66. The number of fused-ring (bicyclic) bond motifs is 9. The zero-order chi connectivity index (χ0) is 36.8. The van der Waals surface area contributed by atoms with Gasteiger partial charge in [-0.3, -0.25) is 0 Å². The van der Waals surface area contributed by atoms with Gasteiger partial charge in [0.1, 0.15) is 0 Å². The van der Waals surface area contributed by atoms with Crippen molar-refractivity contribution < 1.29 is 0 Å². The average molecular weight is 729 g/mol. The van der Waals surface area contributed by atoms with Gasteiger partial charge in [0.15, 0.2) is 0 Å². The second kappa shape index (κ2) is 14.2. The van der Waals surface area contributed by atoms with Crippen molar-refractivity contribution in [3.8, 4) is 33.4 Å². The summed E-state index contributed by atoms with van der Waals surface area (Å²) in [4.78, 5) is 1.35. The van der Waals surface area contributed by atoms with Gasteiger partial charge in [-0.2, -0.15) is 0 Å². The van der Waals surface area contributed by atoms with Crippen molar-refractivity contribution in [1.29, 1.82) is 0 Å². The predicted molar refractivity (Wildman–Crippen MR) is 243 cm³/mol. The van der Waals surface area contributed by atoms with Gasteiger partial charge in [-0.1, -0.05) is 146 Å². The summed E-state index contributed by atoms with van der Waals surface area (Å²) < 4.78 is 4.13. The molecule has 0 aliphatic heterocycles. The summed E-state index contributed by atoms with van der Waals surface area (Å²) in [7, 11) is 0. The molecule has 0 unspecified atom stereocenters. The molecule has 0 radical (unpaired) electrons. The highest BCUT2D eigenvalue weighted by Crippen LogP contribution is 2.49. The molecule has 0 nitrogen and oxygen atoms in total. The Morgan fingerprint density at radius 3 is 1.78 bits per heavy atom. The zero-order valence-corrected chi connectivity index (χ0v) is 32.6. The van der Waals surface area contributed by atoms with E-state index in [0.717, 1.165) is 0 Å². The third-order valence-electron chi connectivity index (χ3n) is 10.8. The molecule has 260 valence electrons. The molecule has 0 atom stereocenters. The van der Waals surface area contributed by atoms with Crippen LogP contribution in [0.3, 0.4) is 0 Å². The first-order chi connectivity index (χ1) is 26.6. The molecule has 2 aromatic heterocycles. The lowest BCUT2D eigenvalue weighted by Gasteiger charge is -2.09. The van der Waals surface area contributed by atoms with Crippen LogP contribution in [0.25, 0.3) is 103 Å². The first-order valence-corrected chi connectivity index (χ1v) is 20.3. The molecule has 0 saturated carbocycles. The molecule has 2 heterocycles. The van der Waals surface area contributed by atoms with Gasteiger partial charge in [0.05, 0.1) is 0 Å². The maximum atomic E-state index is 2.42. The molecule has 7 aromatic carbocycles. The first-order valence-electron chi connectivity index (χ1n) is 18.7. The molecule has 0 saturated heterocycles. The van der Waals surface area contributed by atoms with E-state index in [4.69, 9.17) is 0 Å². The minimum Gasteiger partial charge on any atom is -0.135 e. The molecule has 0 N–H and O–H groups in total. The van der Waals surface area contributed by atoms with Crippen LogP contribution in [-0.2, 0) is 0 Å². The van der Waals surface area contributed by atoms with Gasteiger partial charge in [-0.15, -0.1) is 22.7 Å². The average Bonchev–Trinajstić information content (AvgIpc) is 3.76. The van der Waals surface area contributed by atoms with Gasteiger partial charge in [0.2, 0.25) is 0 Å². The standard InChI is InChI=1S/C52H40S2/c1-5-16-47-33(4)49-51(53-47)45-22-15-14-21-44(45)50-46-32-38(29-30-48(46)54-52(49)50)35-23-26-36(27-24-35)42-19-10-8-9-11-20-43(41(7-3)40(42)6-2)39-28-25-34-17-12-13-18-37(34)31-39/h5-32H,1-4H3/b10-8?,11-9?,16-5-,40-6+,41-7+,42-19?,43-20?. The molecule has 54 heavy (non-hydrogen) atoms. The van der Waals surface area contributed by atoms with Crippen molar-refractivity contribution in [1.82, 2.24) is 0 Å². The lowest BCUT2D eigenvalue weighted by molar-refractivity contribution is 1.49. The number of hydrogen-bond acceptors (Lipinski definition) is 2. The Bertz CT molecular complexity index is 3130. The highest BCUT2D eigenvalue weighted by atomic mass is 32.1. The SMILES string of the molecule is C/C=C\c1sc2c3ccccc3c3c4cc(-c5ccc(-c6ccccccc(-c7ccc8ccccc8c7)c(=C/C)/c6=C\C)cc5)ccc4sc3c2c1C. The minimum atomic E-state index is 1.19. The fraction of sp³-hybridized carbons (Fsp3) is 0.0769. The minimum absolute atomic E-state index is 1.19. The number of allylic oxidation sites excluding steroid dienone is 1. The fourth-order valence-corrected chi connectivity index (χ4v) is 10.8. The van der Waals surface area contributed by atoms with E-state index < -0.39 is 0 Å². The molecule has 0 amide bonds. The third-order valence-corrected chi connectivity index (χ3v) is 13.2. The number of benzene rings is 6. The molecule has 9 rings (SSSR count). The highest BCUT2D eigenvalue weighted by molar-refractivity contribution is 7.28. The quantitative estimate of drug-likeness (QED) is 0.169. The van der Waals surface area contributed by atoms with E-state index in [2.05, 4.69) is 198 Å². The number of aryl methyl sites for hydroxylation is 1. The number of hydrogen-bond donors (Lipinski definition) is 0. The molecule has 0 fully saturated rings. The summed E-state index contributed by atoms with van der Waals surface area (Å²) in [6.07, 6.45) is 8.94. The maximum Gasteiger partial charge on any atom is 0.0451 e. The summed E-state index contributed by atoms with van der Waals surface area (Å²) in [5, 5.41) is 11.8. The van der Waals surface area contributed by atoms with Gasteiger partial charge < -0.3 is 0 Å². The van der Waals surface area contributed by atoms with Crippen molar-refractivity contribution in [2.75, 3.05) is 0 Å². The van der Waals surface area contributed by atoms with Crippen LogP contribution in [0.15, 0.2) is 152 Å². The molecular formula is C52H40S2. The van der Waals surface area contributed by atoms with Crippen molar-refractivity contribution in [3.63, 3.8) is 0 Å². The zero-order valence-electron chi connectivity index (χ0n) is 31.0. The molecule has 2 heteroatoms. The van der Waals surface area contributed by atoms with Gasteiger partial charge in [-0.05, 0) is 118 Å². The van der Waals surface area contributed by atoms with Crippen LogP contribution in [0, 0.1) is 6.92 Å². The van der Waals surface area contributed by atoms with E-state index in [1.54, 1.807) is 0 Å². The number of rotatable bonds is 4. The Hall–Kier alpha value is -5.80. The van der Waals surface area contributed by atoms with Crippen LogP contribution in [0.4, 0.5) is 0 Å². The van der Waals surface area contributed by atoms with Gasteiger partial charge in [0, 0.05) is 40.5 Å². The van der Waals surface area contributed by atoms with Crippen LogP contribution < -0.4 is 10.4 Å². The van der Waals surface area contributed by atoms with Crippen molar-refractivity contribution in [2.24, 2.45) is 0 Å². The predicted octanol–water partition coefficient (Wildman–Crippen LogP) is 14.6. The Morgan fingerprint density at radius 2 is 1.06 bits per heavy atom. The van der Waals surface area contributed by atoms with Crippen LogP contribution in [-0.4, -0.2) is 0 Å². The highest BCUT2D eigenvalue weighted by Gasteiger charge is 2.19. The Balaban J connectivity index is 1.20. The Labute approximate surface area is 324 Å². The summed E-state index contributed by atoms with van der Waals surface area (Å²) in [5.74, 6) is 0. The van der Waals surface area contributed by atoms with Crippen LogP contribution >= 0.6 is 22.7 Å². The van der Waals surface area contributed by atoms with Gasteiger partial charge >= 0.3 is 0 Å². The second-order valence-electron chi connectivity index (χ2n) is 13.8. The van der Waals surface area contributed by atoms with Gasteiger partial charge in [0.25, 0.3) is 0 Å². The molecule has 0 aliphatic rings. The molecule has 0 bridgehead atoms. The van der Waals surface area contributed by atoms with Crippen molar-refractivity contribution in [3.05, 3.63) is 173 Å². The van der Waals surface area contributed by atoms with E-state index in [0.29, 0.717) is 0 Å². The summed E-state index contributed by atoms with van der Waals surface area (Å²) >= 11 is 3.86. The summed E-state index contributed by atoms with van der Waals surface area (Å²) in [6, 6.07) is 53.6. The largest absolute Gasteiger partial charge is 0.135 e. The summed E-state index contributed by atoms with van der Waals surface area (Å²) in [6.45, 7) is 8.70. The molecule has 9 aromatic rings. The fourth-order valence-electron chi connectivity index (χ4n) is 8.15. The maximum absolute atomic E-state index is 2.42. The second-order valence-corrected chi connectivity index (χ2v) is 15.9. The van der Waals surface area contributed by atoms with Crippen LogP contribution in [0.5, 0.6) is 0 Å². The van der Waals surface area contributed by atoms with Gasteiger partial charge in [-0.25, -0.2) is 0 Å². The number of thiophene rings is 2. The van der Waals surface area contributed by atoms with E-state index in [1.165, 1.54) is 106 Å². The topological polar surface area (TPSA) is 0 Å². The van der Waals surface area contributed by atoms with E-state index in [9.17, 15) is 0 Å². The van der Waals surface area contributed by atoms with Crippen molar-refractivity contribution >= 4 is 92.7 Å². The molecular weight excluding hydrogens is 689 g/mol. The Morgan fingerprint density at radius 1 is 0.444 bits per heavy atom. The normalized spacial score (nSPS) is 12.6.